The van der Waals surface area contributed by atoms with Gasteiger partial charge < -0.3 is 11.5 Å². The fourth-order valence-corrected chi connectivity index (χ4v) is 1.95. The Balaban J connectivity index is 2.47. The van der Waals surface area contributed by atoms with Gasteiger partial charge in [-0.3, -0.25) is 9.69 Å². The van der Waals surface area contributed by atoms with E-state index >= 15 is 0 Å². The Labute approximate surface area is 100 Å². The van der Waals surface area contributed by atoms with Crippen LogP contribution in [0, 0.1) is 0 Å². The average molecular weight is 232 g/mol. The van der Waals surface area contributed by atoms with Crippen molar-refractivity contribution in [2.45, 2.75) is 18.9 Å². The van der Waals surface area contributed by atoms with Crippen LogP contribution in [0.15, 0.2) is 29.3 Å². The fourth-order valence-electron chi connectivity index (χ4n) is 1.95. The number of carbonyl (C=O) groups is 1. The first-order valence-corrected chi connectivity index (χ1v) is 5.40. The number of hydrogen-bond donors (Lipinski definition) is 2. The van der Waals surface area contributed by atoms with Gasteiger partial charge in [-0.05, 0) is 24.6 Å². The van der Waals surface area contributed by atoms with Crippen LogP contribution in [0.25, 0.3) is 0 Å². The van der Waals surface area contributed by atoms with E-state index in [-0.39, 0.29) is 11.9 Å². The number of benzene rings is 1. The molecule has 17 heavy (non-hydrogen) atoms. The summed E-state index contributed by atoms with van der Waals surface area (Å²) in [5, 5.41) is 0. The Morgan fingerprint density at radius 2 is 2.12 bits per heavy atom. The highest BCUT2D eigenvalue weighted by Crippen LogP contribution is 2.33. The van der Waals surface area contributed by atoms with Crippen molar-refractivity contribution in [1.82, 2.24) is 4.90 Å². The molecule has 1 aliphatic heterocycles. The zero-order valence-corrected chi connectivity index (χ0v) is 9.97. The third-order valence-electron chi connectivity index (χ3n) is 3.08. The lowest BCUT2D eigenvalue weighted by molar-refractivity contribution is -0.128. The minimum atomic E-state index is -0.622. The maximum atomic E-state index is 11.8. The molecule has 5 heteroatoms. The Bertz CT molecular complexity index is 497. The molecule has 0 spiro atoms. The van der Waals surface area contributed by atoms with Crippen molar-refractivity contribution in [2.24, 2.45) is 10.7 Å². The molecule has 1 atom stereocenters. The molecule has 90 valence electrons. The predicted octanol–water partition coefficient (Wildman–Crippen LogP) is 0.661. The van der Waals surface area contributed by atoms with Crippen molar-refractivity contribution < 1.29 is 4.79 Å². The normalized spacial score (nSPS) is 24.7. The molecule has 1 aromatic carbocycles. The third kappa shape index (κ3) is 1.95. The highest BCUT2D eigenvalue weighted by Gasteiger charge is 2.35. The molecule has 1 amide bonds. The predicted molar refractivity (Wildman–Crippen MR) is 67.2 cm³/mol. The zero-order valence-electron chi connectivity index (χ0n) is 9.97. The topological polar surface area (TPSA) is 84.7 Å². The molecule has 5 nitrogen and oxygen atoms in total. The van der Waals surface area contributed by atoms with Gasteiger partial charge in [0.1, 0.15) is 0 Å². The summed E-state index contributed by atoms with van der Waals surface area (Å²) in [5.41, 5.74) is 12.4. The first kappa shape index (κ1) is 11.4. The molecule has 1 aliphatic rings. The maximum absolute atomic E-state index is 11.8. The monoisotopic (exact) mass is 232 g/mol. The summed E-state index contributed by atoms with van der Waals surface area (Å²) in [6.07, 6.45) is 0.299. The van der Waals surface area contributed by atoms with E-state index in [2.05, 4.69) is 4.99 Å². The van der Waals surface area contributed by atoms with Crippen molar-refractivity contribution in [3.8, 4) is 0 Å². The highest BCUT2D eigenvalue weighted by molar-refractivity contribution is 5.98. The molecule has 0 unspecified atom stereocenters. The second kappa shape index (κ2) is 3.76. The van der Waals surface area contributed by atoms with Gasteiger partial charge in [-0.1, -0.05) is 12.1 Å². The number of amides is 1. The number of rotatable bonds is 1. The van der Waals surface area contributed by atoms with Crippen LogP contribution < -0.4 is 11.5 Å². The van der Waals surface area contributed by atoms with Crippen molar-refractivity contribution in [3.05, 3.63) is 29.8 Å². The number of carbonyl (C=O) groups excluding carboxylic acids is 1. The number of nitrogens with zero attached hydrogens (tertiary/aromatic N) is 2. The van der Waals surface area contributed by atoms with Crippen LogP contribution >= 0.6 is 0 Å². The number of anilines is 1. The summed E-state index contributed by atoms with van der Waals surface area (Å²) < 4.78 is 0. The third-order valence-corrected chi connectivity index (χ3v) is 3.08. The Morgan fingerprint density at radius 1 is 1.41 bits per heavy atom. The molecule has 4 N–H and O–H groups in total. The number of guanidine groups is 1. The molecule has 1 heterocycles. The van der Waals surface area contributed by atoms with Gasteiger partial charge in [-0.15, -0.1) is 0 Å². The highest BCUT2D eigenvalue weighted by atomic mass is 16.2. The van der Waals surface area contributed by atoms with Crippen molar-refractivity contribution >= 4 is 17.6 Å². The average Bonchev–Trinajstić information content (AvgIpc) is 2.26. The summed E-state index contributed by atoms with van der Waals surface area (Å²) >= 11 is 0. The van der Waals surface area contributed by atoms with Crippen molar-refractivity contribution in [3.63, 3.8) is 0 Å². The Hall–Kier alpha value is -2.04. The van der Waals surface area contributed by atoms with E-state index < -0.39 is 5.54 Å². The first-order valence-electron chi connectivity index (χ1n) is 5.40. The summed E-state index contributed by atoms with van der Waals surface area (Å²) in [6.45, 7) is 1.89. The molecule has 1 aromatic rings. The van der Waals surface area contributed by atoms with Gasteiger partial charge in [-0.25, -0.2) is 4.99 Å². The van der Waals surface area contributed by atoms with Crippen molar-refractivity contribution in [1.29, 1.82) is 0 Å². The van der Waals surface area contributed by atoms with Crippen LogP contribution in [0.5, 0.6) is 0 Å². The van der Waals surface area contributed by atoms with Crippen LogP contribution in [0.1, 0.15) is 18.9 Å². The number of nitrogens with two attached hydrogens (primary N) is 2. The molecular weight excluding hydrogens is 216 g/mol. The molecule has 0 fully saturated rings. The molecule has 0 radical (unpaired) electrons. The van der Waals surface area contributed by atoms with E-state index in [1.165, 1.54) is 4.90 Å². The van der Waals surface area contributed by atoms with Gasteiger partial charge in [0, 0.05) is 12.7 Å². The van der Waals surface area contributed by atoms with Gasteiger partial charge in [0.2, 0.25) is 5.91 Å². The van der Waals surface area contributed by atoms with Gasteiger partial charge in [0.05, 0.1) is 12.0 Å². The minimum absolute atomic E-state index is 0.0394. The molecule has 0 bridgehead atoms. The number of nitrogen functional groups attached to an aromatic ring is 1. The number of aliphatic imine (C=N–C) groups is 1. The van der Waals surface area contributed by atoms with Crippen LogP contribution in [0.3, 0.4) is 0 Å². The van der Waals surface area contributed by atoms with E-state index in [1.54, 1.807) is 13.1 Å². The van der Waals surface area contributed by atoms with Crippen LogP contribution in [0.2, 0.25) is 0 Å². The second-order valence-electron chi connectivity index (χ2n) is 4.50. The van der Waals surface area contributed by atoms with Gasteiger partial charge in [-0.2, -0.15) is 0 Å². The van der Waals surface area contributed by atoms with E-state index in [0.717, 1.165) is 5.56 Å². The molecule has 0 saturated carbocycles. The van der Waals surface area contributed by atoms with Crippen molar-refractivity contribution in [2.75, 3.05) is 12.8 Å². The van der Waals surface area contributed by atoms with E-state index in [9.17, 15) is 4.79 Å². The lowest BCUT2D eigenvalue weighted by Gasteiger charge is -2.33. The first-order chi connectivity index (χ1) is 7.92. The van der Waals surface area contributed by atoms with E-state index in [0.29, 0.717) is 12.1 Å². The Morgan fingerprint density at radius 3 is 2.71 bits per heavy atom. The largest absolute Gasteiger partial charge is 0.399 e. The molecule has 0 aliphatic carbocycles. The summed E-state index contributed by atoms with van der Waals surface area (Å²) in [6, 6.07) is 7.39. The smallest absolute Gasteiger partial charge is 0.231 e. The minimum Gasteiger partial charge on any atom is -0.399 e. The molecule has 0 saturated heterocycles. The number of hydrogen-bond acceptors (Lipinski definition) is 4. The molecule has 0 aromatic heterocycles. The van der Waals surface area contributed by atoms with Gasteiger partial charge in [0.15, 0.2) is 5.96 Å². The summed E-state index contributed by atoms with van der Waals surface area (Å²) in [4.78, 5) is 17.6. The maximum Gasteiger partial charge on any atom is 0.231 e. The second-order valence-corrected chi connectivity index (χ2v) is 4.50. The van der Waals surface area contributed by atoms with Gasteiger partial charge >= 0.3 is 0 Å². The quantitative estimate of drug-likeness (QED) is 0.697. The van der Waals surface area contributed by atoms with Gasteiger partial charge in [0.25, 0.3) is 0 Å². The van der Waals surface area contributed by atoms with Crippen LogP contribution in [0.4, 0.5) is 5.69 Å². The SMILES string of the molecule is CN1C(=O)C[C@@](C)(c2cccc(N)c2)N=C1N. The molecular formula is C12H16N4O. The summed E-state index contributed by atoms with van der Waals surface area (Å²) in [7, 11) is 1.63. The lowest BCUT2D eigenvalue weighted by atomic mass is 9.87. The van der Waals surface area contributed by atoms with E-state index in [1.807, 2.05) is 25.1 Å². The zero-order chi connectivity index (χ0) is 12.6. The lowest BCUT2D eigenvalue weighted by Crippen LogP contribution is -2.47. The standard InChI is InChI=1S/C12H16N4O/c1-12(8-4-3-5-9(13)6-8)7-10(17)16(2)11(14)15-12/h3-6H,7,13H2,1-2H3,(H2,14,15)/t12-/m0/s1. The van der Waals surface area contributed by atoms with E-state index in [4.69, 9.17) is 11.5 Å². The van der Waals surface area contributed by atoms with Crippen LogP contribution in [-0.4, -0.2) is 23.8 Å². The molecule has 2 rings (SSSR count). The Kier molecular flexibility index (Phi) is 2.53. The van der Waals surface area contributed by atoms with Crippen LogP contribution in [-0.2, 0) is 10.3 Å². The summed E-state index contributed by atoms with van der Waals surface area (Å²) in [5.74, 6) is 0.202. The fraction of sp³-hybridized carbons (Fsp3) is 0.333.